The number of nitrogens with zero attached hydrogens (tertiary/aromatic N) is 2. The first kappa shape index (κ1) is 22.3. The van der Waals surface area contributed by atoms with Crippen molar-refractivity contribution in [3.8, 4) is 5.75 Å². The maximum absolute atomic E-state index is 13.0. The van der Waals surface area contributed by atoms with Gasteiger partial charge in [-0.3, -0.25) is 14.5 Å². The number of carboxylic acid groups (broad SMARTS) is 1. The maximum Gasteiger partial charge on any atom is 0.335 e. The van der Waals surface area contributed by atoms with Gasteiger partial charge in [-0.25, -0.2) is 4.79 Å². The molecule has 0 bridgehead atoms. The van der Waals surface area contributed by atoms with Crippen molar-refractivity contribution in [3.05, 3.63) is 53.6 Å². The first-order valence-electron chi connectivity index (χ1n) is 9.76. The van der Waals surface area contributed by atoms with Crippen molar-refractivity contribution in [3.63, 3.8) is 0 Å². The number of para-hydroxylation sites is 1. The Morgan fingerprint density at radius 3 is 2.61 bits per heavy atom. The lowest BCUT2D eigenvalue weighted by Gasteiger charge is -2.36. The summed E-state index contributed by atoms with van der Waals surface area (Å²) in [6.07, 6.45) is 0. The summed E-state index contributed by atoms with van der Waals surface area (Å²) in [6.45, 7) is 0.969. The Morgan fingerprint density at radius 1 is 1.13 bits per heavy atom. The maximum atomic E-state index is 13.0. The zero-order valence-corrected chi connectivity index (χ0v) is 17.5. The van der Waals surface area contributed by atoms with Gasteiger partial charge in [0.05, 0.1) is 43.7 Å². The van der Waals surface area contributed by atoms with Gasteiger partial charge in [0.25, 0.3) is 0 Å². The third-order valence-electron chi connectivity index (χ3n) is 4.98. The van der Waals surface area contributed by atoms with E-state index in [9.17, 15) is 19.5 Å². The second-order valence-electron chi connectivity index (χ2n) is 6.95. The van der Waals surface area contributed by atoms with E-state index in [1.165, 1.54) is 17.0 Å². The molecule has 31 heavy (non-hydrogen) atoms. The lowest BCUT2D eigenvalue weighted by atomic mass is 10.1. The molecule has 0 unspecified atom stereocenters. The standard InChI is InChI=1S/C22H25N3O6/c1-30-10-9-23-12-20(26)25-14-21(27)24(13-16-5-3-4-6-19(16)31-2)17-8-7-15(22(28)29)11-18(17)25/h3-8,11,23H,9-10,12-14H2,1-2H3,(H,28,29). The Balaban J connectivity index is 1.94. The zero-order valence-electron chi connectivity index (χ0n) is 17.5. The minimum Gasteiger partial charge on any atom is -0.496 e. The van der Waals surface area contributed by atoms with Crippen molar-refractivity contribution in [1.29, 1.82) is 0 Å². The van der Waals surface area contributed by atoms with Gasteiger partial charge in [0.15, 0.2) is 0 Å². The number of hydrogen-bond acceptors (Lipinski definition) is 6. The number of fused-ring (bicyclic) bond motifs is 1. The number of hydrogen-bond donors (Lipinski definition) is 2. The van der Waals surface area contributed by atoms with Gasteiger partial charge in [-0.2, -0.15) is 0 Å². The highest BCUT2D eigenvalue weighted by Crippen LogP contribution is 2.36. The fraction of sp³-hybridized carbons (Fsp3) is 0.318. The van der Waals surface area contributed by atoms with Gasteiger partial charge < -0.3 is 24.8 Å². The van der Waals surface area contributed by atoms with Gasteiger partial charge in [0.1, 0.15) is 12.3 Å². The molecule has 0 spiro atoms. The average molecular weight is 427 g/mol. The fourth-order valence-electron chi connectivity index (χ4n) is 3.41. The third-order valence-corrected chi connectivity index (χ3v) is 4.98. The molecule has 0 atom stereocenters. The highest BCUT2D eigenvalue weighted by Gasteiger charge is 2.33. The molecule has 1 aliphatic rings. The van der Waals surface area contributed by atoms with Crippen LogP contribution in [0, 0.1) is 0 Å². The Hall–Kier alpha value is -3.43. The molecule has 0 saturated carbocycles. The number of benzene rings is 2. The summed E-state index contributed by atoms with van der Waals surface area (Å²) in [5.74, 6) is -1.07. The van der Waals surface area contributed by atoms with Crippen molar-refractivity contribution in [2.24, 2.45) is 0 Å². The lowest BCUT2D eigenvalue weighted by molar-refractivity contribution is -0.122. The number of aromatic carboxylic acids is 1. The van der Waals surface area contributed by atoms with Crippen LogP contribution in [0.5, 0.6) is 5.75 Å². The predicted molar refractivity (Wildman–Crippen MR) is 115 cm³/mol. The van der Waals surface area contributed by atoms with E-state index >= 15 is 0 Å². The second-order valence-corrected chi connectivity index (χ2v) is 6.95. The van der Waals surface area contributed by atoms with E-state index in [1.807, 2.05) is 18.2 Å². The van der Waals surface area contributed by atoms with Crippen LogP contribution >= 0.6 is 0 Å². The van der Waals surface area contributed by atoms with Gasteiger partial charge in [0.2, 0.25) is 11.8 Å². The van der Waals surface area contributed by atoms with Gasteiger partial charge in [-0.1, -0.05) is 18.2 Å². The summed E-state index contributed by atoms with van der Waals surface area (Å²) in [7, 11) is 3.12. The van der Waals surface area contributed by atoms with E-state index in [0.29, 0.717) is 30.3 Å². The fourth-order valence-corrected chi connectivity index (χ4v) is 3.41. The number of amides is 2. The summed E-state index contributed by atoms with van der Waals surface area (Å²) < 4.78 is 10.3. The highest BCUT2D eigenvalue weighted by molar-refractivity contribution is 6.12. The van der Waals surface area contributed by atoms with Crippen molar-refractivity contribution < 1.29 is 29.0 Å². The normalized spacial score (nSPS) is 13.2. The Morgan fingerprint density at radius 2 is 1.90 bits per heavy atom. The first-order chi connectivity index (χ1) is 15.0. The van der Waals surface area contributed by atoms with Crippen LogP contribution in [0.4, 0.5) is 11.4 Å². The smallest absolute Gasteiger partial charge is 0.335 e. The summed E-state index contributed by atoms with van der Waals surface area (Å²) in [6, 6.07) is 11.8. The molecule has 1 heterocycles. The molecule has 2 N–H and O–H groups in total. The van der Waals surface area contributed by atoms with E-state index in [-0.39, 0.29) is 37.0 Å². The number of nitrogens with one attached hydrogen (secondary N) is 1. The SMILES string of the molecule is COCCNCC(=O)N1CC(=O)N(Cc2ccccc2OC)c2ccc(C(=O)O)cc21. The van der Waals surface area contributed by atoms with Crippen LogP contribution in [0.3, 0.4) is 0 Å². The monoisotopic (exact) mass is 427 g/mol. The number of methoxy groups -OCH3 is 2. The van der Waals surface area contributed by atoms with Crippen LogP contribution in [0.25, 0.3) is 0 Å². The van der Waals surface area contributed by atoms with Gasteiger partial charge in [-0.15, -0.1) is 0 Å². The minimum atomic E-state index is -1.11. The third kappa shape index (κ3) is 5.01. The molecule has 2 amide bonds. The highest BCUT2D eigenvalue weighted by atomic mass is 16.5. The van der Waals surface area contributed by atoms with Crippen LogP contribution in [0.15, 0.2) is 42.5 Å². The van der Waals surface area contributed by atoms with Crippen molar-refractivity contribution in [2.45, 2.75) is 6.54 Å². The number of rotatable bonds is 9. The summed E-state index contributed by atoms with van der Waals surface area (Å²) in [5, 5.41) is 12.4. The average Bonchev–Trinajstić information content (AvgIpc) is 2.78. The molecule has 9 nitrogen and oxygen atoms in total. The number of carbonyl (C=O) groups is 3. The Bertz CT molecular complexity index is 977. The molecule has 3 rings (SSSR count). The summed E-state index contributed by atoms with van der Waals surface area (Å²) >= 11 is 0. The molecule has 164 valence electrons. The molecule has 0 aliphatic carbocycles. The molecule has 1 aliphatic heterocycles. The Labute approximate surface area is 180 Å². The van der Waals surface area contributed by atoms with Crippen molar-refractivity contribution >= 4 is 29.2 Å². The number of anilines is 2. The number of ether oxygens (including phenoxy) is 2. The summed E-state index contributed by atoms with van der Waals surface area (Å²) in [4.78, 5) is 40.2. The van der Waals surface area contributed by atoms with Crippen molar-refractivity contribution in [2.75, 3.05) is 50.3 Å². The van der Waals surface area contributed by atoms with E-state index in [2.05, 4.69) is 5.32 Å². The molecule has 0 radical (unpaired) electrons. The minimum absolute atomic E-state index is 0.000112. The summed E-state index contributed by atoms with van der Waals surface area (Å²) in [5.41, 5.74) is 1.69. The van der Waals surface area contributed by atoms with Gasteiger partial charge in [-0.05, 0) is 24.3 Å². The molecule has 0 saturated heterocycles. The number of carboxylic acids is 1. The van der Waals surface area contributed by atoms with Crippen LogP contribution in [0.2, 0.25) is 0 Å². The Kier molecular flexibility index (Phi) is 7.22. The number of carbonyl (C=O) groups excluding carboxylic acids is 2. The van der Waals surface area contributed by atoms with E-state index in [4.69, 9.17) is 9.47 Å². The molecule has 2 aromatic rings. The van der Waals surface area contributed by atoms with Gasteiger partial charge >= 0.3 is 5.97 Å². The zero-order chi connectivity index (χ0) is 22.4. The second kappa shape index (κ2) is 10.1. The van der Waals surface area contributed by atoms with E-state index < -0.39 is 5.97 Å². The molecular formula is C22H25N3O6. The van der Waals surface area contributed by atoms with Gasteiger partial charge in [0, 0.05) is 19.2 Å². The molecular weight excluding hydrogens is 402 g/mol. The molecule has 0 fully saturated rings. The predicted octanol–water partition coefficient (Wildman–Crippen LogP) is 1.51. The quantitative estimate of drug-likeness (QED) is 0.584. The topological polar surface area (TPSA) is 108 Å². The van der Waals surface area contributed by atoms with Crippen LogP contribution < -0.4 is 19.9 Å². The molecule has 9 heteroatoms. The van der Waals surface area contributed by atoms with Crippen molar-refractivity contribution in [1.82, 2.24) is 5.32 Å². The van der Waals surface area contributed by atoms with E-state index in [0.717, 1.165) is 5.56 Å². The molecule has 2 aromatic carbocycles. The van der Waals surface area contributed by atoms with Crippen LogP contribution in [0.1, 0.15) is 15.9 Å². The van der Waals surface area contributed by atoms with Crippen LogP contribution in [-0.4, -0.2) is 63.4 Å². The van der Waals surface area contributed by atoms with Crippen LogP contribution in [-0.2, 0) is 20.9 Å². The molecule has 0 aromatic heterocycles. The van der Waals surface area contributed by atoms with E-state index in [1.54, 1.807) is 31.3 Å². The first-order valence-corrected chi connectivity index (χ1v) is 9.76. The largest absolute Gasteiger partial charge is 0.496 e. The lowest BCUT2D eigenvalue weighted by Crippen LogP contribution is -2.50.